The molecule has 1 nitrogen and oxygen atoms in total. The fourth-order valence-electron chi connectivity index (χ4n) is 0. The molecule has 0 heterocycles. The summed E-state index contributed by atoms with van der Waals surface area (Å²) in [4.78, 5) is 9.65. The van der Waals surface area contributed by atoms with Crippen molar-refractivity contribution >= 4 is 21.7 Å². The Balaban J connectivity index is -0.0000000800. The van der Waals surface area contributed by atoms with Crippen LogP contribution in [0.2, 0.25) is 0 Å². The van der Waals surface area contributed by atoms with Crippen LogP contribution in [0.1, 0.15) is 0 Å². The van der Waals surface area contributed by atoms with Crippen molar-refractivity contribution in [2.75, 3.05) is 5.33 Å². The summed E-state index contributed by atoms with van der Waals surface area (Å²) in [5.74, 6) is -0.0787. The van der Waals surface area contributed by atoms with Gasteiger partial charge in [-0.2, -0.15) is 0 Å². The summed E-state index contributed by atoms with van der Waals surface area (Å²) in [5, 5.41) is 0.368. The molecule has 0 fully saturated rings. The van der Waals surface area contributed by atoms with Gasteiger partial charge < -0.3 is 19.1 Å². The number of halogens is 1. The zero-order chi connectivity index (χ0) is 4.28. The summed E-state index contributed by atoms with van der Waals surface area (Å²) in [5.41, 5.74) is 0. The van der Waals surface area contributed by atoms with Crippen LogP contribution in [0.3, 0.4) is 0 Å². The van der Waals surface area contributed by atoms with Crippen molar-refractivity contribution in [3.63, 3.8) is 0 Å². The first-order chi connectivity index (χ1) is 2.27. The molecule has 41 valence electrons. The minimum atomic E-state index is -0.0787. The van der Waals surface area contributed by atoms with E-state index in [1.807, 2.05) is 0 Å². The van der Waals surface area contributed by atoms with Gasteiger partial charge in [-0.15, -0.1) is 0 Å². The van der Waals surface area contributed by atoms with Gasteiger partial charge in [0, 0.05) is 43.8 Å². The number of carbonyl (C=O) groups excluding carboxylic acids is 1. The largest absolute Gasteiger partial charge is 0.358 e. The van der Waals surface area contributed by atoms with Gasteiger partial charge in [-0.05, 0) is 0 Å². The maximum absolute atomic E-state index is 9.65. The van der Waals surface area contributed by atoms with Gasteiger partial charge in [-0.3, -0.25) is 0 Å². The topological polar surface area (TPSA) is 17.1 Å². The van der Waals surface area contributed by atoms with Crippen molar-refractivity contribution in [1.82, 2.24) is 0 Å². The van der Waals surface area contributed by atoms with Gasteiger partial charge in [0.25, 0.3) is 0 Å². The quantitative estimate of drug-likeness (QED) is 0.497. The predicted octanol–water partition coefficient (Wildman–Crippen LogP) is 1.23. The fourth-order valence-corrected chi connectivity index (χ4v) is 0. The SMILES string of the molecule is [CH2-]C(=O)CBr.[CH3-].[Y]. The average molecular weight is 240 g/mol. The zero-order valence-electron chi connectivity index (χ0n) is 4.28. The molecule has 0 spiro atoms. The van der Waals surface area contributed by atoms with E-state index in [1.54, 1.807) is 0 Å². The molecule has 0 aromatic rings. The van der Waals surface area contributed by atoms with E-state index in [9.17, 15) is 4.79 Å². The van der Waals surface area contributed by atoms with E-state index >= 15 is 0 Å². The summed E-state index contributed by atoms with van der Waals surface area (Å²) in [6, 6.07) is 0. The third-order valence-electron chi connectivity index (χ3n) is 0.149. The molecule has 0 saturated heterocycles. The fraction of sp³-hybridized carbons (Fsp3) is 0.250. The normalized spacial score (nSPS) is 5.29. The second-order valence-electron chi connectivity index (χ2n) is 0.672. The maximum Gasteiger partial charge on any atom is 0.0330 e. The Labute approximate surface area is 78.3 Å². The van der Waals surface area contributed by atoms with E-state index in [1.165, 1.54) is 0 Å². The number of ketones is 1. The Kier molecular flexibility index (Phi) is 22.8. The Bertz CT molecular complexity index is 47.0. The summed E-state index contributed by atoms with van der Waals surface area (Å²) in [7, 11) is 0. The minimum Gasteiger partial charge on any atom is -0.358 e. The van der Waals surface area contributed by atoms with Gasteiger partial charge in [-0.25, -0.2) is 0 Å². The van der Waals surface area contributed by atoms with Crippen LogP contribution in [-0.4, -0.2) is 11.1 Å². The van der Waals surface area contributed by atoms with E-state index in [0.717, 1.165) is 0 Å². The molecule has 0 rings (SSSR count). The summed E-state index contributed by atoms with van der Waals surface area (Å²) in [6.45, 7) is 3.07. The summed E-state index contributed by atoms with van der Waals surface area (Å²) < 4.78 is 0. The summed E-state index contributed by atoms with van der Waals surface area (Å²) >= 11 is 2.90. The first kappa shape index (κ1) is 15.7. The number of hydrogen-bond acceptors (Lipinski definition) is 1. The maximum atomic E-state index is 9.65. The zero-order valence-corrected chi connectivity index (χ0v) is 8.70. The van der Waals surface area contributed by atoms with Crippen LogP contribution in [0.15, 0.2) is 0 Å². The molecule has 0 aliphatic heterocycles. The Hall–Kier alpha value is 1.12. The van der Waals surface area contributed by atoms with E-state index in [0.29, 0.717) is 5.33 Å². The van der Waals surface area contributed by atoms with Crippen molar-refractivity contribution in [3.8, 4) is 0 Å². The third-order valence-corrected chi connectivity index (χ3v) is 0.774. The smallest absolute Gasteiger partial charge is 0.0330 e. The second kappa shape index (κ2) is 10.2. The van der Waals surface area contributed by atoms with Crippen molar-refractivity contribution in [2.24, 2.45) is 0 Å². The van der Waals surface area contributed by atoms with Gasteiger partial charge in [-0.1, -0.05) is 15.9 Å². The molecule has 0 bridgehead atoms. The summed E-state index contributed by atoms with van der Waals surface area (Å²) in [6.07, 6.45) is 0. The molecule has 0 unspecified atom stereocenters. The predicted molar refractivity (Wildman–Crippen MR) is 30.6 cm³/mol. The number of rotatable bonds is 1. The van der Waals surface area contributed by atoms with Crippen LogP contribution in [-0.2, 0) is 37.5 Å². The molecule has 0 aliphatic rings. The Morgan fingerprint density at radius 2 is 1.86 bits per heavy atom. The first-order valence-electron chi connectivity index (χ1n) is 1.18. The molecule has 0 aliphatic carbocycles. The first-order valence-corrected chi connectivity index (χ1v) is 2.30. The van der Waals surface area contributed by atoms with Crippen LogP contribution < -0.4 is 0 Å². The van der Waals surface area contributed by atoms with Crippen molar-refractivity contribution in [1.29, 1.82) is 0 Å². The standard InChI is InChI=1S/C3H4BrO.CH3.Y/c1-3(5)2-4;;/h1-2H2;1H3;/q2*-1;. The van der Waals surface area contributed by atoms with Crippen LogP contribution >= 0.6 is 15.9 Å². The molecule has 0 atom stereocenters. The van der Waals surface area contributed by atoms with Crippen LogP contribution in [0.25, 0.3) is 0 Å². The van der Waals surface area contributed by atoms with E-state index in [-0.39, 0.29) is 45.9 Å². The van der Waals surface area contributed by atoms with Crippen molar-refractivity contribution < 1.29 is 37.5 Å². The number of alkyl halides is 1. The number of Topliss-reactive ketones (excluding diaryl/α,β-unsaturated/α-hetero) is 1. The molecule has 7 heavy (non-hydrogen) atoms. The van der Waals surface area contributed by atoms with Crippen LogP contribution in [0.5, 0.6) is 0 Å². The van der Waals surface area contributed by atoms with E-state index < -0.39 is 0 Å². The van der Waals surface area contributed by atoms with Gasteiger partial charge in [0.05, 0.1) is 0 Å². The second-order valence-corrected chi connectivity index (χ2v) is 1.23. The van der Waals surface area contributed by atoms with Gasteiger partial charge in [0.2, 0.25) is 0 Å². The van der Waals surface area contributed by atoms with E-state index in [4.69, 9.17) is 0 Å². The van der Waals surface area contributed by atoms with Gasteiger partial charge >= 0.3 is 0 Å². The molecular formula is C4H7BrOY-2. The molecule has 0 aromatic carbocycles. The molecule has 0 aromatic heterocycles. The van der Waals surface area contributed by atoms with Gasteiger partial charge in [0.15, 0.2) is 0 Å². The van der Waals surface area contributed by atoms with Crippen molar-refractivity contribution in [3.05, 3.63) is 14.4 Å². The van der Waals surface area contributed by atoms with E-state index in [2.05, 4.69) is 22.9 Å². The monoisotopic (exact) mass is 239 g/mol. The van der Waals surface area contributed by atoms with Crippen molar-refractivity contribution in [2.45, 2.75) is 0 Å². The average Bonchev–Trinajstić information content (AvgIpc) is 1.38. The van der Waals surface area contributed by atoms with Crippen LogP contribution in [0.4, 0.5) is 0 Å². The molecule has 0 amide bonds. The molecule has 1 radical (unpaired) electrons. The third kappa shape index (κ3) is 19.2. The number of carbonyl (C=O) groups is 1. The molecule has 0 N–H and O–H groups in total. The van der Waals surface area contributed by atoms with Gasteiger partial charge in [0.1, 0.15) is 0 Å². The molecule has 3 heteroatoms. The number of hydrogen-bond donors (Lipinski definition) is 0. The molecule has 0 saturated carbocycles. The van der Waals surface area contributed by atoms with Crippen LogP contribution in [0, 0.1) is 14.4 Å². The Morgan fingerprint density at radius 1 is 1.71 bits per heavy atom. The Morgan fingerprint density at radius 3 is 1.86 bits per heavy atom. The minimum absolute atomic E-state index is 0. The molecular weight excluding hydrogens is 233 g/mol.